The minimum absolute atomic E-state index is 0.0124. The van der Waals surface area contributed by atoms with Gasteiger partial charge in [0.25, 0.3) is 11.8 Å². The third-order valence-corrected chi connectivity index (χ3v) is 7.76. The molecule has 2 aromatic rings. The molecule has 6 nitrogen and oxygen atoms in total. The van der Waals surface area contributed by atoms with Crippen molar-refractivity contribution in [3.05, 3.63) is 57.1 Å². The summed E-state index contributed by atoms with van der Waals surface area (Å²) in [7, 11) is 1.61. The zero-order chi connectivity index (χ0) is 26.4. The molecule has 0 radical (unpaired) electrons. The molecule has 2 aromatic carbocycles. The Hall–Kier alpha value is -2.71. The number of benzene rings is 2. The lowest BCUT2D eigenvalue weighted by molar-refractivity contribution is -0.122. The molecule has 36 heavy (non-hydrogen) atoms. The maximum absolute atomic E-state index is 13.6. The Labute approximate surface area is 226 Å². The maximum atomic E-state index is 13.6. The molecule has 0 bridgehead atoms. The van der Waals surface area contributed by atoms with E-state index in [9.17, 15) is 9.59 Å². The minimum atomic E-state index is -0.516. The number of ether oxygens (including phenoxy) is 1. The predicted molar refractivity (Wildman–Crippen MR) is 153 cm³/mol. The number of carbonyl (C=O) groups excluding carboxylic acids is 2. The number of anilines is 2. The highest BCUT2D eigenvalue weighted by Crippen LogP contribution is 2.46. The molecule has 0 saturated carbocycles. The van der Waals surface area contributed by atoms with Crippen molar-refractivity contribution in [3.63, 3.8) is 0 Å². The number of hydrogen-bond donors (Lipinski definition) is 1. The van der Waals surface area contributed by atoms with E-state index in [1.807, 2.05) is 31.2 Å². The molecule has 8 heteroatoms. The molecule has 2 amide bonds. The van der Waals surface area contributed by atoms with Crippen molar-refractivity contribution in [2.75, 3.05) is 23.5 Å². The van der Waals surface area contributed by atoms with Gasteiger partial charge < -0.3 is 9.64 Å². The number of carbonyl (C=O) groups is 2. The normalized spacial score (nSPS) is 20.5. The first-order valence-electron chi connectivity index (χ1n) is 12.2. The quantitative estimate of drug-likeness (QED) is 0.268. The average molecular weight is 571 g/mol. The third kappa shape index (κ3) is 4.68. The van der Waals surface area contributed by atoms with Crippen molar-refractivity contribution >= 4 is 62.5 Å². The van der Waals surface area contributed by atoms with E-state index in [2.05, 4.69) is 59.9 Å². The number of thiocarbonyl (C=S) groups is 1. The summed E-state index contributed by atoms with van der Waals surface area (Å²) in [5.41, 5.74) is 4.54. The first-order valence-corrected chi connectivity index (χ1v) is 13.4. The Morgan fingerprint density at radius 1 is 1.22 bits per heavy atom. The highest BCUT2D eigenvalue weighted by molar-refractivity contribution is 9.10. The molecule has 190 valence electrons. The Morgan fingerprint density at radius 3 is 2.58 bits per heavy atom. The number of amides is 2. The fourth-order valence-electron chi connectivity index (χ4n) is 5.37. The lowest BCUT2D eigenvalue weighted by Gasteiger charge is -2.48. The Morgan fingerprint density at radius 2 is 1.94 bits per heavy atom. The summed E-state index contributed by atoms with van der Waals surface area (Å²) in [4.78, 5) is 30.4. The smallest absolute Gasteiger partial charge is 0.270 e. The van der Waals surface area contributed by atoms with Crippen molar-refractivity contribution in [1.82, 2.24) is 5.32 Å². The van der Waals surface area contributed by atoms with Gasteiger partial charge in [-0.25, -0.2) is 0 Å². The van der Waals surface area contributed by atoms with Gasteiger partial charge in [-0.2, -0.15) is 0 Å². The topological polar surface area (TPSA) is 61.9 Å². The lowest BCUT2D eigenvalue weighted by Crippen LogP contribution is -2.54. The Bertz CT molecular complexity index is 1290. The molecule has 0 aromatic heterocycles. The number of hydrogen-bond acceptors (Lipinski definition) is 5. The second-order valence-corrected chi connectivity index (χ2v) is 11.4. The molecule has 2 heterocycles. The second kappa shape index (κ2) is 9.98. The van der Waals surface area contributed by atoms with Crippen LogP contribution in [0.1, 0.15) is 63.1 Å². The molecule has 0 spiro atoms. The monoisotopic (exact) mass is 569 g/mol. The van der Waals surface area contributed by atoms with Gasteiger partial charge in [0.05, 0.1) is 12.8 Å². The fraction of sp³-hybridized carbons (Fsp3) is 0.393. The molecule has 4 rings (SSSR count). The van der Waals surface area contributed by atoms with Gasteiger partial charge in [0.15, 0.2) is 5.11 Å². The van der Waals surface area contributed by atoms with Gasteiger partial charge in [-0.05, 0) is 93.2 Å². The van der Waals surface area contributed by atoms with Crippen LogP contribution in [0.4, 0.5) is 11.4 Å². The Balaban J connectivity index is 1.82. The molecule has 2 aliphatic heterocycles. The van der Waals surface area contributed by atoms with E-state index in [1.165, 1.54) is 10.5 Å². The van der Waals surface area contributed by atoms with Crippen molar-refractivity contribution in [2.24, 2.45) is 0 Å². The molecular formula is C28H32BrN3O3S. The maximum Gasteiger partial charge on any atom is 0.270 e. The molecule has 1 fully saturated rings. The third-order valence-electron chi connectivity index (χ3n) is 6.99. The SMILES string of the molecule is CCCN1c2cc(OC)c(/C=C3/C(=O)NC(=S)N(c4ccc(Br)cc4C)C3=O)cc2C(C)CC1(C)C. The van der Waals surface area contributed by atoms with Crippen LogP contribution in [0.5, 0.6) is 5.75 Å². The summed E-state index contributed by atoms with van der Waals surface area (Å²) in [6.45, 7) is 11.8. The summed E-state index contributed by atoms with van der Waals surface area (Å²) in [5.74, 6) is -0.0442. The molecule has 2 aliphatic rings. The summed E-state index contributed by atoms with van der Waals surface area (Å²) >= 11 is 8.83. The van der Waals surface area contributed by atoms with Crippen molar-refractivity contribution in [3.8, 4) is 5.75 Å². The summed E-state index contributed by atoms with van der Waals surface area (Å²) in [5, 5.41) is 2.75. The van der Waals surface area contributed by atoms with Crippen LogP contribution in [0.15, 0.2) is 40.4 Å². The highest BCUT2D eigenvalue weighted by Gasteiger charge is 2.38. The van der Waals surface area contributed by atoms with Gasteiger partial charge in [0, 0.05) is 33.9 Å². The highest BCUT2D eigenvalue weighted by atomic mass is 79.9. The summed E-state index contributed by atoms with van der Waals surface area (Å²) in [6.07, 6.45) is 3.66. The van der Waals surface area contributed by atoms with E-state index in [0.717, 1.165) is 35.1 Å². The first kappa shape index (κ1) is 26.4. The van der Waals surface area contributed by atoms with E-state index in [1.54, 1.807) is 13.2 Å². The molecule has 1 unspecified atom stereocenters. The van der Waals surface area contributed by atoms with Crippen LogP contribution < -0.4 is 19.9 Å². The van der Waals surface area contributed by atoms with E-state index in [4.69, 9.17) is 17.0 Å². The fourth-order valence-corrected chi connectivity index (χ4v) is 6.11. The van der Waals surface area contributed by atoms with Crippen molar-refractivity contribution < 1.29 is 14.3 Å². The number of rotatable bonds is 5. The molecule has 1 saturated heterocycles. The zero-order valence-corrected chi connectivity index (χ0v) is 24.0. The van der Waals surface area contributed by atoms with E-state index >= 15 is 0 Å². The number of aryl methyl sites for hydroxylation is 1. The van der Waals surface area contributed by atoms with Crippen LogP contribution in [-0.2, 0) is 9.59 Å². The van der Waals surface area contributed by atoms with E-state index in [0.29, 0.717) is 22.9 Å². The zero-order valence-electron chi connectivity index (χ0n) is 21.6. The van der Waals surface area contributed by atoms with Crippen molar-refractivity contribution in [1.29, 1.82) is 0 Å². The van der Waals surface area contributed by atoms with Gasteiger partial charge in [-0.15, -0.1) is 0 Å². The van der Waals surface area contributed by atoms with Gasteiger partial charge in [-0.1, -0.05) is 29.8 Å². The molecule has 0 aliphatic carbocycles. The van der Waals surface area contributed by atoms with Crippen LogP contribution in [0.25, 0.3) is 6.08 Å². The van der Waals surface area contributed by atoms with E-state index in [-0.39, 0.29) is 16.2 Å². The number of methoxy groups -OCH3 is 1. The van der Waals surface area contributed by atoms with Gasteiger partial charge >= 0.3 is 0 Å². The first-order chi connectivity index (χ1) is 17.0. The van der Waals surface area contributed by atoms with Gasteiger partial charge in [0.1, 0.15) is 11.3 Å². The van der Waals surface area contributed by atoms with Crippen LogP contribution in [-0.4, -0.2) is 36.1 Å². The molecular weight excluding hydrogens is 538 g/mol. The second-order valence-electron chi connectivity index (χ2n) is 10.1. The molecule has 1 atom stereocenters. The van der Waals surface area contributed by atoms with Crippen LogP contribution >= 0.6 is 28.1 Å². The number of nitrogens with zero attached hydrogens (tertiary/aromatic N) is 2. The summed E-state index contributed by atoms with van der Waals surface area (Å²) in [6, 6.07) is 9.66. The van der Waals surface area contributed by atoms with Crippen LogP contribution in [0.2, 0.25) is 0 Å². The van der Waals surface area contributed by atoms with Crippen LogP contribution in [0, 0.1) is 6.92 Å². The number of halogens is 1. The van der Waals surface area contributed by atoms with Crippen LogP contribution in [0.3, 0.4) is 0 Å². The summed E-state index contributed by atoms with van der Waals surface area (Å²) < 4.78 is 6.65. The standard InChI is InChI=1S/C28H32BrN3O3S/c1-7-10-31-23-14-24(35-6)18(12-20(23)17(3)15-28(31,4)5)13-21-25(33)30-27(36)32(26(21)34)22-9-8-19(29)11-16(22)2/h8-9,11-14,17H,7,10,15H2,1-6H3,(H,30,33,36)/b21-13-. The minimum Gasteiger partial charge on any atom is -0.496 e. The molecule has 1 N–H and O–H groups in total. The lowest BCUT2D eigenvalue weighted by atomic mass is 9.79. The number of fused-ring (bicyclic) bond motifs is 1. The van der Waals surface area contributed by atoms with Crippen molar-refractivity contribution in [2.45, 2.75) is 58.9 Å². The predicted octanol–water partition coefficient (Wildman–Crippen LogP) is 6.10. The van der Waals surface area contributed by atoms with Gasteiger partial charge in [0.2, 0.25) is 0 Å². The van der Waals surface area contributed by atoms with E-state index < -0.39 is 11.8 Å². The number of nitrogens with one attached hydrogen (secondary N) is 1. The van der Waals surface area contributed by atoms with Gasteiger partial charge in [-0.3, -0.25) is 19.8 Å². The largest absolute Gasteiger partial charge is 0.496 e. The average Bonchev–Trinajstić information content (AvgIpc) is 2.80. The Kier molecular flexibility index (Phi) is 7.30.